The van der Waals surface area contributed by atoms with Gasteiger partial charge in [-0.3, -0.25) is 0 Å². The van der Waals surface area contributed by atoms with Crippen molar-refractivity contribution in [2.45, 2.75) is 60.3 Å². The summed E-state index contributed by atoms with van der Waals surface area (Å²) in [6, 6.07) is 0. The Bertz CT molecular complexity index is 234. The lowest BCUT2D eigenvalue weighted by molar-refractivity contribution is 0.0946. The Morgan fingerprint density at radius 2 is 1.78 bits per heavy atom. The normalized spacial score (nSPS) is 23.0. The van der Waals surface area contributed by atoms with Crippen molar-refractivity contribution in [3.05, 3.63) is 0 Å². The molecule has 0 aromatic rings. The molecule has 0 radical (unpaired) electrons. The molecule has 1 fully saturated rings. The summed E-state index contributed by atoms with van der Waals surface area (Å²) in [6.07, 6.45) is 5.28. The highest BCUT2D eigenvalue weighted by Gasteiger charge is 2.29. The molecule has 2 heteroatoms. The summed E-state index contributed by atoms with van der Waals surface area (Å²) in [4.78, 5) is 2.64. The lowest BCUT2D eigenvalue weighted by Gasteiger charge is -2.40. The van der Waals surface area contributed by atoms with Gasteiger partial charge in [-0.2, -0.15) is 0 Å². The molecule has 0 aliphatic carbocycles. The van der Waals surface area contributed by atoms with E-state index in [1.165, 1.54) is 45.3 Å². The van der Waals surface area contributed by atoms with E-state index in [1.54, 1.807) is 0 Å². The van der Waals surface area contributed by atoms with Crippen LogP contribution >= 0.6 is 0 Å². The first-order chi connectivity index (χ1) is 8.28. The first-order valence-electron chi connectivity index (χ1n) is 7.70. The summed E-state index contributed by atoms with van der Waals surface area (Å²) in [5.74, 6) is 0.663. The van der Waals surface area contributed by atoms with Crippen LogP contribution in [0.4, 0.5) is 0 Å². The lowest BCUT2D eigenvalue weighted by atomic mass is 9.77. The van der Waals surface area contributed by atoms with E-state index in [2.05, 4.69) is 39.5 Å². The van der Waals surface area contributed by atoms with E-state index >= 15 is 0 Å². The Kier molecular flexibility index (Phi) is 5.67. The van der Waals surface area contributed by atoms with Crippen molar-refractivity contribution in [1.82, 2.24) is 4.90 Å². The van der Waals surface area contributed by atoms with Gasteiger partial charge in [-0.05, 0) is 55.6 Å². The maximum atomic E-state index is 5.95. The van der Waals surface area contributed by atoms with Crippen LogP contribution in [0.1, 0.15) is 60.3 Å². The highest BCUT2D eigenvalue weighted by molar-refractivity contribution is 4.83. The number of piperidine rings is 1. The van der Waals surface area contributed by atoms with Gasteiger partial charge in [0.15, 0.2) is 0 Å². The summed E-state index contributed by atoms with van der Waals surface area (Å²) in [5, 5.41) is 0. The van der Waals surface area contributed by atoms with Crippen LogP contribution in [0.5, 0.6) is 0 Å². The Labute approximate surface area is 114 Å². The van der Waals surface area contributed by atoms with E-state index in [4.69, 9.17) is 5.73 Å². The predicted octanol–water partition coefficient (Wildman–Crippen LogP) is 3.51. The second kappa shape index (κ2) is 6.38. The molecular weight excluding hydrogens is 220 g/mol. The third kappa shape index (κ3) is 5.27. The molecule has 0 amide bonds. The molecule has 1 heterocycles. The van der Waals surface area contributed by atoms with E-state index in [0.717, 1.165) is 6.54 Å². The van der Waals surface area contributed by atoms with Gasteiger partial charge in [-0.15, -0.1) is 0 Å². The van der Waals surface area contributed by atoms with Crippen LogP contribution in [0.2, 0.25) is 0 Å². The smallest absolute Gasteiger partial charge is 0.00219 e. The molecule has 18 heavy (non-hydrogen) atoms. The minimum atomic E-state index is 0.401. The number of nitrogens with two attached hydrogens (primary N) is 1. The molecular formula is C16H34N2. The topological polar surface area (TPSA) is 29.3 Å². The van der Waals surface area contributed by atoms with Crippen molar-refractivity contribution in [2.75, 3.05) is 26.2 Å². The van der Waals surface area contributed by atoms with Crippen molar-refractivity contribution < 1.29 is 0 Å². The zero-order valence-electron chi connectivity index (χ0n) is 13.3. The number of nitrogens with zero attached hydrogens (tertiary/aromatic N) is 1. The van der Waals surface area contributed by atoms with Gasteiger partial charge in [0.1, 0.15) is 0 Å². The molecule has 2 N–H and O–H groups in total. The van der Waals surface area contributed by atoms with Gasteiger partial charge in [0.2, 0.25) is 0 Å². The molecule has 0 aromatic carbocycles. The van der Waals surface area contributed by atoms with Gasteiger partial charge in [0, 0.05) is 6.54 Å². The summed E-state index contributed by atoms with van der Waals surface area (Å²) < 4.78 is 0. The Balaban J connectivity index is 2.39. The highest BCUT2D eigenvalue weighted by atomic mass is 15.1. The Hall–Kier alpha value is -0.0800. The predicted molar refractivity (Wildman–Crippen MR) is 80.7 cm³/mol. The third-order valence-electron chi connectivity index (χ3n) is 4.67. The number of rotatable bonds is 5. The monoisotopic (exact) mass is 254 g/mol. The molecule has 2 nitrogen and oxygen atoms in total. The van der Waals surface area contributed by atoms with Crippen molar-refractivity contribution in [3.8, 4) is 0 Å². The largest absolute Gasteiger partial charge is 0.330 e. The van der Waals surface area contributed by atoms with Crippen LogP contribution in [0, 0.1) is 16.7 Å². The van der Waals surface area contributed by atoms with Crippen LogP contribution in [0.3, 0.4) is 0 Å². The minimum Gasteiger partial charge on any atom is -0.330 e. The fourth-order valence-corrected chi connectivity index (χ4v) is 3.08. The van der Waals surface area contributed by atoms with Crippen LogP contribution in [-0.4, -0.2) is 31.1 Å². The molecule has 1 saturated heterocycles. The van der Waals surface area contributed by atoms with Crippen molar-refractivity contribution >= 4 is 0 Å². The summed E-state index contributed by atoms with van der Waals surface area (Å²) in [6.45, 7) is 16.3. The van der Waals surface area contributed by atoms with Gasteiger partial charge >= 0.3 is 0 Å². The lowest BCUT2D eigenvalue weighted by Crippen LogP contribution is -2.42. The van der Waals surface area contributed by atoms with E-state index in [-0.39, 0.29) is 0 Å². The quantitative estimate of drug-likeness (QED) is 0.813. The van der Waals surface area contributed by atoms with Crippen molar-refractivity contribution in [1.29, 1.82) is 0 Å². The Morgan fingerprint density at radius 3 is 2.17 bits per heavy atom. The molecule has 0 bridgehead atoms. The molecule has 0 saturated carbocycles. The number of hydrogen-bond acceptors (Lipinski definition) is 2. The zero-order chi connectivity index (χ0) is 13.8. The van der Waals surface area contributed by atoms with E-state index in [1.807, 2.05) is 0 Å². The van der Waals surface area contributed by atoms with Crippen molar-refractivity contribution in [3.63, 3.8) is 0 Å². The van der Waals surface area contributed by atoms with E-state index < -0.39 is 0 Å². The zero-order valence-corrected chi connectivity index (χ0v) is 13.3. The second-order valence-electron chi connectivity index (χ2n) is 7.83. The fraction of sp³-hybridized carbons (Fsp3) is 1.00. The van der Waals surface area contributed by atoms with Crippen molar-refractivity contribution in [2.24, 2.45) is 22.5 Å². The molecule has 1 atom stereocenters. The van der Waals surface area contributed by atoms with Crippen LogP contribution in [-0.2, 0) is 0 Å². The maximum absolute atomic E-state index is 5.95. The average Bonchev–Trinajstić information content (AvgIpc) is 2.30. The van der Waals surface area contributed by atoms with Gasteiger partial charge in [0.25, 0.3) is 0 Å². The molecule has 1 aliphatic heterocycles. The molecule has 0 aromatic heterocycles. The fourth-order valence-electron chi connectivity index (χ4n) is 3.08. The first-order valence-corrected chi connectivity index (χ1v) is 7.70. The standard InChI is InChI=1S/C16H34N2/c1-6-16(5)7-9-18(10-8-16)13-14(12-17)11-15(2,3)4/h14H,6-13,17H2,1-5H3. The minimum absolute atomic E-state index is 0.401. The van der Waals surface area contributed by atoms with Gasteiger partial charge in [-0.25, -0.2) is 0 Å². The molecule has 0 spiro atoms. The van der Waals surface area contributed by atoms with Crippen LogP contribution < -0.4 is 5.73 Å². The van der Waals surface area contributed by atoms with Gasteiger partial charge < -0.3 is 10.6 Å². The summed E-state index contributed by atoms with van der Waals surface area (Å²) >= 11 is 0. The Morgan fingerprint density at radius 1 is 1.22 bits per heavy atom. The number of likely N-dealkylation sites (tertiary alicyclic amines) is 1. The van der Waals surface area contributed by atoms with Crippen LogP contribution in [0.15, 0.2) is 0 Å². The second-order valence-corrected chi connectivity index (χ2v) is 7.83. The SMILES string of the molecule is CCC1(C)CCN(CC(CN)CC(C)(C)C)CC1. The van der Waals surface area contributed by atoms with Gasteiger partial charge in [-0.1, -0.05) is 41.0 Å². The van der Waals surface area contributed by atoms with E-state index in [9.17, 15) is 0 Å². The molecule has 1 rings (SSSR count). The van der Waals surface area contributed by atoms with E-state index in [0.29, 0.717) is 16.7 Å². The molecule has 1 aliphatic rings. The highest BCUT2D eigenvalue weighted by Crippen LogP contribution is 2.34. The third-order valence-corrected chi connectivity index (χ3v) is 4.67. The molecule has 1 unspecified atom stereocenters. The number of hydrogen-bond donors (Lipinski definition) is 1. The van der Waals surface area contributed by atoms with Crippen LogP contribution in [0.25, 0.3) is 0 Å². The summed E-state index contributed by atoms with van der Waals surface area (Å²) in [7, 11) is 0. The maximum Gasteiger partial charge on any atom is 0.00219 e. The first kappa shape index (κ1) is 16.0. The molecule has 108 valence electrons. The summed E-state index contributed by atoms with van der Waals surface area (Å²) in [5.41, 5.74) is 6.95. The average molecular weight is 254 g/mol. The van der Waals surface area contributed by atoms with Gasteiger partial charge in [0.05, 0.1) is 0 Å².